The lowest BCUT2D eigenvalue weighted by molar-refractivity contribution is 0.0169. The van der Waals surface area contributed by atoms with Crippen LogP contribution >= 0.6 is 12.4 Å². The van der Waals surface area contributed by atoms with Crippen molar-refractivity contribution in [3.8, 4) is 0 Å². The van der Waals surface area contributed by atoms with E-state index in [4.69, 9.17) is 10.6 Å². The summed E-state index contributed by atoms with van der Waals surface area (Å²) in [4.78, 5) is 11.9. The van der Waals surface area contributed by atoms with Crippen LogP contribution in [0.25, 0.3) is 0 Å². The molecule has 1 aliphatic heterocycles. The quantitative estimate of drug-likeness (QED) is 0.581. The van der Waals surface area contributed by atoms with E-state index in [0.717, 1.165) is 25.1 Å². The first-order valence-electron chi connectivity index (χ1n) is 6.26. The van der Waals surface area contributed by atoms with Crippen LogP contribution in [0.3, 0.4) is 0 Å². The largest absolute Gasteiger partial charge is 0.376 e. The number of anilines is 1. The van der Waals surface area contributed by atoms with Gasteiger partial charge in [-0.1, -0.05) is 0 Å². The van der Waals surface area contributed by atoms with Crippen LogP contribution in [0.2, 0.25) is 0 Å². The first kappa shape index (κ1) is 15.8. The number of carbonyl (C=O) groups excluding carboxylic acids is 1. The number of amides is 1. The van der Waals surface area contributed by atoms with E-state index in [2.05, 4.69) is 10.7 Å². The summed E-state index contributed by atoms with van der Waals surface area (Å²) in [5.41, 5.74) is 3.93. The maximum Gasteiger partial charge on any atom is 0.251 e. The van der Waals surface area contributed by atoms with Gasteiger partial charge in [0.05, 0.1) is 6.10 Å². The molecular formula is C13H20ClN3O2. The van der Waals surface area contributed by atoms with E-state index in [1.54, 1.807) is 24.3 Å². The van der Waals surface area contributed by atoms with Crippen molar-refractivity contribution in [2.75, 3.05) is 18.6 Å². The molecule has 1 aromatic carbocycles. The number of hydrogen-bond acceptors (Lipinski definition) is 4. The summed E-state index contributed by atoms with van der Waals surface area (Å²) in [6.07, 6.45) is 3.49. The van der Waals surface area contributed by atoms with E-state index in [0.29, 0.717) is 12.1 Å². The molecule has 1 aliphatic rings. The minimum absolute atomic E-state index is 0. The van der Waals surface area contributed by atoms with Crippen molar-refractivity contribution in [1.82, 2.24) is 5.32 Å². The first-order chi connectivity index (χ1) is 8.79. The highest BCUT2D eigenvalue weighted by Crippen LogP contribution is 2.12. The van der Waals surface area contributed by atoms with Gasteiger partial charge in [0.2, 0.25) is 0 Å². The third-order valence-corrected chi connectivity index (χ3v) is 3.08. The third-order valence-electron chi connectivity index (χ3n) is 3.08. The Morgan fingerprint density at radius 3 is 2.63 bits per heavy atom. The van der Waals surface area contributed by atoms with E-state index in [9.17, 15) is 4.79 Å². The number of benzene rings is 1. The fourth-order valence-corrected chi connectivity index (χ4v) is 1.99. The Bertz CT molecular complexity index is 391. The van der Waals surface area contributed by atoms with Gasteiger partial charge in [-0.25, -0.2) is 0 Å². The second-order valence-corrected chi connectivity index (χ2v) is 4.42. The van der Waals surface area contributed by atoms with Gasteiger partial charge in [0.25, 0.3) is 5.91 Å². The molecule has 0 aliphatic carbocycles. The van der Waals surface area contributed by atoms with Crippen molar-refractivity contribution in [2.45, 2.75) is 25.4 Å². The molecule has 4 N–H and O–H groups in total. The lowest BCUT2D eigenvalue weighted by atomic mass is 10.1. The number of hydrazine groups is 1. The predicted molar refractivity (Wildman–Crippen MR) is 77.4 cm³/mol. The molecular weight excluding hydrogens is 266 g/mol. The molecule has 6 heteroatoms. The average Bonchev–Trinajstić information content (AvgIpc) is 2.46. The first-order valence-corrected chi connectivity index (χ1v) is 6.26. The van der Waals surface area contributed by atoms with Crippen molar-refractivity contribution in [2.24, 2.45) is 5.84 Å². The van der Waals surface area contributed by atoms with Crippen LogP contribution in [0.4, 0.5) is 5.69 Å². The van der Waals surface area contributed by atoms with Crippen molar-refractivity contribution in [3.05, 3.63) is 29.8 Å². The maximum atomic E-state index is 11.9. The summed E-state index contributed by atoms with van der Waals surface area (Å²) < 4.78 is 5.56. The number of ether oxygens (including phenoxy) is 1. The Labute approximate surface area is 119 Å². The molecule has 0 spiro atoms. The SMILES string of the molecule is Cl.NNc1ccc(C(=O)NC[C@@H]2CCCCO2)cc1. The van der Waals surface area contributed by atoms with Gasteiger partial charge < -0.3 is 15.5 Å². The minimum atomic E-state index is -0.0762. The zero-order valence-electron chi connectivity index (χ0n) is 10.7. The topological polar surface area (TPSA) is 76.4 Å². The van der Waals surface area contributed by atoms with Crippen LogP contribution in [-0.2, 0) is 4.74 Å². The van der Waals surface area contributed by atoms with Crippen LogP contribution in [-0.4, -0.2) is 25.2 Å². The average molecular weight is 286 g/mol. The Morgan fingerprint density at radius 2 is 2.05 bits per heavy atom. The number of nitrogens with two attached hydrogens (primary N) is 1. The fraction of sp³-hybridized carbons (Fsp3) is 0.462. The zero-order valence-corrected chi connectivity index (χ0v) is 11.5. The maximum absolute atomic E-state index is 11.9. The smallest absolute Gasteiger partial charge is 0.251 e. The minimum Gasteiger partial charge on any atom is -0.376 e. The summed E-state index contributed by atoms with van der Waals surface area (Å²) in [5, 5.41) is 2.89. The summed E-state index contributed by atoms with van der Waals surface area (Å²) >= 11 is 0. The molecule has 1 fully saturated rings. The molecule has 106 valence electrons. The van der Waals surface area contributed by atoms with Gasteiger partial charge >= 0.3 is 0 Å². The molecule has 1 atom stereocenters. The van der Waals surface area contributed by atoms with E-state index >= 15 is 0 Å². The summed E-state index contributed by atoms with van der Waals surface area (Å²) in [7, 11) is 0. The lowest BCUT2D eigenvalue weighted by Gasteiger charge is -2.22. The van der Waals surface area contributed by atoms with Crippen LogP contribution in [0.1, 0.15) is 29.6 Å². The second-order valence-electron chi connectivity index (χ2n) is 4.42. The van der Waals surface area contributed by atoms with Crippen LogP contribution < -0.4 is 16.6 Å². The molecule has 0 unspecified atom stereocenters. The van der Waals surface area contributed by atoms with E-state index in [-0.39, 0.29) is 24.4 Å². The van der Waals surface area contributed by atoms with Gasteiger partial charge in [0.15, 0.2) is 0 Å². The molecule has 1 saturated heterocycles. The highest BCUT2D eigenvalue weighted by Gasteiger charge is 2.15. The number of halogens is 1. The zero-order chi connectivity index (χ0) is 12.8. The molecule has 1 heterocycles. The predicted octanol–water partition coefficient (Wildman–Crippen LogP) is 1.69. The van der Waals surface area contributed by atoms with E-state index in [1.165, 1.54) is 6.42 Å². The van der Waals surface area contributed by atoms with Crippen molar-refractivity contribution >= 4 is 24.0 Å². The standard InChI is InChI=1S/C13H19N3O2.ClH/c14-16-11-6-4-10(5-7-11)13(17)15-9-12-3-1-2-8-18-12;/h4-7,12,16H,1-3,8-9,14H2,(H,15,17);1H/t12-;/m0./s1. The van der Waals surface area contributed by atoms with Gasteiger partial charge in [0.1, 0.15) is 0 Å². The fourth-order valence-electron chi connectivity index (χ4n) is 1.99. The molecule has 0 radical (unpaired) electrons. The van der Waals surface area contributed by atoms with Crippen molar-refractivity contribution < 1.29 is 9.53 Å². The molecule has 19 heavy (non-hydrogen) atoms. The molecule has 0 aromatic heterocycles. The molecule has 0 bridgehead atoms. The third kappa shape index (κ3) is 4.70. The number of hydrogen-bond donors (Lipinski definition) is 3. The van der Waals surface area contributed by atoms with Gasteiger partial charge in [-0.15, -0.1) is 12.4 Å². The van der Waals surface area contributed by atoms with E-state index in [1.807, 2.05) is 0 Å². The number of nitrogens with one attached hydrogen (secondary N) is 2. The molecule has 1 amide bonds. The van der Waals surface area contributed by atoms with Crippen LogP contribution in [0, 0.1) is 0 Å². The Hall–Kier alpha value is -1.30. The van der Waals surface area contributed by atoms with Crippen LogP contribution in [0.5, 0.6) is 0 Å². The van der Waals surface area contributed by atoms with Crippen molar-refractivity contribution in [3.63, 3.8) is 0 Å². The highest BCUT2D eigenvalue weighted by atomic mass is 35.5. The monoisotopic (exact) mass is 285 g/mol. The normalized spacial score (nSPS) is 18.3. The molecule has 2 rings (SSSR count). The van der Waals surface area contributed by atoms with E-state index < -0.39 is 0 Å². The van der Waals surface area contributed by atoms with Gasteiger partial charge in [-0.3, -0.25) is 10.6 Å². The highest BCUT2D eigenvalue weighted by molar-refractivity contribution is 5.94. The van der Waals surface area contributed by atoms with Crippen molar-refractivity contribution in [1.29, 1.82) is 0 Å². The number of rotatable bonds is 4. The van der Waals surface area contributed by atoms with Crippen LogP contribution in [0.15, 0.2) is 24.3 Å². The summed E-state index contributed by atoms with van der Waals surface area (Å²) in [6.45, 7) is 1.38. The molecule has 0 saturated carbocycles. The second kappa shape index (κ2) is 7.99. The van der Waals surface area contributed by atoms with Gasteiger partial charge in [-0.05, 0) is 43.5 Å². The van der Waals surface area contributed by atoms with Gasteiger partial charge in [0, 0.05) is 24.4 Å². The summed E-state index contributed by atoms with van der Waals surface area (Å²) in [6, 6.07) is 7.02. The molecule has 1 aromatic rings. The van der Waals surface area contributed by atoms with Gasteiger partial charge in [-0.2, -0.15) is 0 Å². The Morgan fingerprint density at radius 1 is 1.32 bits per heavy atom. The lowest BCUT2D eigenvalue weighted by Crippen LogP contribution is -2.35. The summed E-state index contributed by atoms with van der Waals surface area (Å²) in [5.74, 6) is 5.19. The Kier molecular flexibility index (Phi) is 6.62. The number of nitrogen functional groups attached to an aromatic ring is 1. The number of carbonyl (C=O) groups is 1. The Balaban J connectivity index is 0.00000180. The molecule has 5 nitrogen and oxygen atoms in total.